The molecule has 17 heavy (non-hydrogen) atoms. The van der Waals surface area contributed by atoms with E-state index in [0.717, 1.165) is 25.7 Å². The number of ketones is 1. The van der Waals surface area contributed by atoms with E-state index in [1.165, 1.54) is 11.1 Å². The van der Waals surface area contributed by atoms with E-state index in [1.54, 1.807) is 0 Å². The Morgan fingerprint density at radius 2 is 1.94 bits per heavy atom. The third kappa shape index (κ3) is 5.16. The molecule has 0 amide bonds. The average molecular weight is 232 g/mol. The van der Waals surface area contributed by atoms with Gasteiger partial charge in [0.25, 0.3) is 0 Å². The van der Waals surface area contributed by atoms with E-state index >= 15 is 0 Å². The molecule has 0 spiro atoms. The third-order valence-electron chi connectivity index (χ3n) is 3.45. The number of rotatable bonds is 7. The molecule has 0 bridgehead atoms. The summed E-state index contributed by atoms with van der Waals surface area (Å²) in [6.45, 7) is 6.43. The Hall–Kier alpha value is -1.11. The van der Waals surface area contributed by atoms with Gasteiger partial charge in [-0.3, -0.25) is 4.79 Å². The van der Waals surface area contributed by atoms with Gasteiger partial charge in [0.1, 0.15) is 5.78 Å². The van der Waals surface area contributed by atoms with E-state index in [4.69, 9.17) is 0 Å². The zero-order chi connectivity index (χ0) is 12.7. The van der Waals surface area contributed by atoms with Gasteiger partial charge in [0.15, 0.2) is 0 Å². The molecule has 0 atom stereocenters. The number of Topliss-reactive ketones (excluding diaryl/α,β-unsaturated/α-hetero) is 1. The van der Waals surface area contributed by atoms with Crippen LogP contribution in [-0.4, -0.2) is 5.78 Å². The van der Waals surface area contributed by atoms with E-state index in [2.05, 4.69) is 45.0 Å². The van der Waals surface area contributed by atoms with E-state index in [-0.39, 0.29) is 0 Å². The fourth-order valence-electron chi connectivity index (χ4n) is 2.15. The minimum Gasteiger partial charge on any atom is -0.300 e. The second-order valence-electron chi connectivity index (χ2n) is 4.91. The summed E-state index contributed by atoms with van der Waals surface area (Å²) in [5.41, 5.74) is 2.55. The number of carbonyl (C=O) groups excluding carboxylic acids is 1. The van der Waals surface area contributed by atoms with Crippen molar-refractivity contribution in [3.63, 3.8) is 0 Å². The lowest BCUT2D eigenvalue weighted by atomic mass is 9.94. The Morgan fingerprint density at radius 3 is 2.53 bits per heavy atom. The van der Waals surface area contributed by atoms with Crippen molar-refractivity contribution in [2.45, 2.75) is 52.9 Å². The maximum absolute atomic E-state index is 11.8. The van der Waals surface area contributed by atoms with E-state index < -0.39 is 0 Å². The minimum atomic E-state index is 0.417. The van der Waals surface area contributed by atoms with Crippen LogP contribution in [0.1, 0.15) is 50.7 Å². The van der Waals surface area contributed by atoms with Crippen LogP contribution in [0, 0.1) is 12.8 Å². The van der Waals surface area contributed by atoms with Crippen molar-refractivity contribution in [3.05, 3.63) is 35.4 Å². The topological polar surface area (TPSA) is 17.1 Å². The van der Waals surface area contributed by atoms with Gasteiger partial charge in [-0.05, 0) is 24.8 Å². The monoisotopic (exact) mass is 232 g/mol. The Morgan fingerprint density at radius 1 is 1.24 bits per heavy atom. The molecule has 0 aliphatic rings. The molecular weight excluding hydrogens is 208 g/mol. The van der Waals surface area contributed by atoms with Crippen LogP contribution < -0.4 is 0 Å². The Kier molecular flexibility index (Phi) is 5.96. The predicted molar refractivity (Wildman–Crippen MR) is 73.2 cm³/mol. The molecule has 0 N–H and O–H groups in total. The summed E-state index contributed by atoms with van der Waals surface area (Å²) < 4.78 is 0. The molecule has 0 saturated carbocycles. The molecule has 94 valence electrons. The number of hydrogen-bond donors (Lipinski definition) is 0. The SMILES string of the molecule is CCC(CC)CC(=O)CCc1cccc(C)c1. The van der Waals surface area contributed by atoms with Crippen molar-refractivity contribution in [1.29, 1.82) is 0 Å². The lowest BCUT2D eigenvalue weighted by Gasteiger charge is -2.10. The van der Waals surface area contributed by atoms with Gasteiger partial charge in [0, 0.05) is 12.8 Å². The summed E-state index contributed by atoms with van der Waals surface area (Å²) in [5, 5.41) is 0. The van der Waals surface area contributed by atoms with Crippen LogP contribution in [0.25, 0.3) is 0 Å². The molecule has 1 aromatic carbocycles. The van der Waals surface area contributed by atoms with Gasteiger partial charge in [-0.25, -0.2) is 0 Å². The highest BCUT2D eigenvalue weighted by molar-refractivity contribution is 5.78. The lowest BCUT2D eigenvalue weighted by Crippen LogP contribution is -2.08. The quantitative estimate of drug-likeness (QED) is 0.684. The summed E-state index contributed by atoms with van der Waals surface area (Å²) in [6.07, 6.45) is 4.58. The molecular formula is C16H24O. The second-order valence-corrected chi connectivity index (χ2v) is 4.91. The van der Waals surface area contributed by atoms with Crippen molar-refractivity contribution in [3.8, 4) is 0 Å². The van der Waals surface area contributed by atoms with Gasteiger partial charge >= 0.3 is 0 Å². The molecule has 0 aliphatic heterocycles. The van der Waals surface area contributed by atoms with Crippen molar-refractivity contribution in [1.82, 2.24) is 0 Å². The molecule has 1 aromatic rings. The summed E-state index contributed by atoms with van der Waals surface area (Å²) in [6, 6.07) is 8.44. The average Bonchev–Trinajstić information content (AvgIpc) is 2.33. The zero-order valence-electron chi connectivity index (χ0n) is 11.3. The summed E-state index contributed by atoms with van der Waals surface area (Å²) in [7, 11) is 0. The largest absolute Gasteiger partial charge is 0.300 e. The highest BCUT2D eigenvalue weighted by Crippen LogP contribution is 2.15. The van der Waals surface area contributed by atoms with E-state index in [0.29, 0.717) is 18.1 Å². The van der Waals surface area contributed by atoms with Crippen molar-refractivity contribution < 1.29 is 4.79 Å². The number of carbonyl (C=O) groups is 1. The Bertz CT molecular complexity index is 350. The smallest absolute Gasteiger partial charge is 0.133 e. The first kappa shape index (κ1) is 14.0. The normalized spacial score (nSPS) is 10.8. The van der Waals surface area contributed by atoms with Crippen molar-refractivity contribution in [2.75, 3.05) is 0 Å². The molecule has 0 aromatic heterocycles. The first-order valence-electron chi connectivity index (χ1n) is 6.73. The molecule has 1 rings (SSSR count). The van der Waals surface area contributed by atoms with Crippen LogP contribution in [0.2, 0.25) is 0 Å². The first-order valence-corrected chi connectivity index (χ1v) is 6.73. The molecule has 1 heteroatoms. The molecule has 0 heterocycles. The lowest BCUT2D eigenvalue weighted by molar-refractivity contribution is -0.120. The van der Waals surface area contributed by atoms with Crippen LogP contribution >= 0.6 is 0 Å². The number of benzene rings is 1. The minimum absolute atomic E-state index is 0.417. The fourth-order valence-corrected chi connectivity index (χ4v) is 2.15. The zero-order valence-corrected chi connectivity index (χ0v) is 11.3. The Labute approximate surface area is 105 Å². The van der Waals surface area contributed by atoms with Gasteiger partial charge in [0.05, 0.1) is 0 Å². The van der Waals surface area contributed by atoms with Gasteiger partial charge in [0.2, 0.25) is 0 Å². The second kappa shape index (κ2) is 7.26. The van der Waals surface area contributed by atoms with Crippen LogP contribution in [0.4, 0.5) is 0 Å². The van der Waals surface area contributed by atoms with Crippen LogP contribution in [0.5, 0.6) is 0 Å². The summed E-state index contributed by atoms with van der Waals surface area (Å²) >= 11 is 0. The summed E-state index contributed by atoms with van der Waals surface area (Å²) in [5.74, 6) is 1.00. The van der Waals surface area contributed by atoms with Crippen LogP contribution in [-0.2, 0) is 11.2 Å². The predicted octanol–water partition coefficient (Wildman–Crippen LogP) is 4.32. The van der Waals surface area contributed by atoms with Gasteiger partial charge in [-0.15, -0.1) is 0 Å². The molecule has 1 nitrogen and oxygen atoms in total. The molecule has 0 fully saturated rings. The van der Waals surface area contributed by atoms with Gasteiger partial charge < -0.3 is 0 Å². The van der Waals surface area contributed by atoms with Crippen LogP contribution in [0.15, 0.2) is 24.3 Å². The maximum atomic E-state index is 11.8. The molecule has 0 unspecified atom stereocenters. The highest BCUT2D eigenvalue weighted by atomic mass is 16.1. The molecule has 0 aliphatic carbocycles. The molecule has 0 radical (unpaired) electrons. The van der Waals surface area contributed by atoms with Gasteiger partial charge in [-0.1, -0.05) is 56.5 Å². The standard InChI is InChI=1S/C16H24O/c1-4-14(5-2)12-16(17)10-9-15-8-6-7-13(3)11-15/h6-8,11,14H,4-5,9-10,12H2,1-3H3. The van der Waals surface area contributed by atoms with Crippen molar-refractivity contribution in [2.24, 2.45) is 5.92 Å². The molecule has 0 saturated heterocycles. The van der Waals surface area contributed by atoms with Crippen LogP contribution in [0.3, 0.4) is 0 Å². The first-order chi connectivity index (χ1) is 8.15. The maximum Gasteiger partial charge on any atom is 0.133 e. The Balaban J connectivity index is 2.38. The number of aryl methyl sites for hydroxylation is 2. The highest BCUT2D eigenvalue weighted by Gasteiger charge is 2.10. The van der Waals surface area contributed by atoms with E-state index in [9.17, 15) is 4.79 Å². The number of hydrogen-bond acceptors (Lipinski definition) is 1. The van der Waals surface area contributed by atoms with E-state index in [1.807, 2.05) is 0 Å². The summed E-state index contributed by atoms with van der Waals surface area (Å²) in [4.78, 5) is 11.8. The fraction of sp³-hybridized carbons (Fsp3) is 0.562. The third-order valence-corrected chi connectivity index (χ3v) is 3.45. The van der Waals surface area contributed by atoms with Crippen molar-refractivity contribution >= 4 is 5.78 Å². The van der Waals surface area contributed by atoms with Gasteiger partial charge in [-0.2, -0.15) is 0 Å².